The predicted molar refractivity (Wildman–Crippen MR) is 75.4 cm³/mol. The fourth-order valence-electron chi connectivity index (χ4n) is 2.19. The monoisotopic (exact) mass is 287 g/mol. The zero-order valence-corrected chi connectivity index (χ0v) is 11.5. The van der Waals surface area contributed by atoms with Crippen LogP contribution in [0.4, 0.5) is 0 Å². The topological polar surface area (TPSA) is 101 Å². The highest BCUT2D eigenvalue weighted by Gasteiger charge is 2.17. The molecule has 2 aromatic heterocycles. The van der Waals surface area contributed by atoms with Crippen LogP contribution in [0.2, 0.25) is 0 Å². The SMILES string of the molecule is CC(C)n1nc(-c2ccc3[nH]c(=O)oc3c2)cc1C(=O)O. The molecule has 0 spiro atoms. The maximum Gasteiger partial charge on any atom is 0.417 e. The van der Waals surface area contributed by atoms with Crippen molar-refractivity contribution in [3.63, 3.8) is 0 Å². The summed E-state index contributed by atoms with van der Waals surface area (Å²) in [6, 6.07) is 6.55. The zero-order chi connectivity index (χ0) is 15.1. The molecule has 0 radical (unpaired) electrons. The van der Waals surface area contributed by atoms with Crippen LogP contribution >= 0.6 is 0 Å². The van der Waals surface area contributed by atoms with Gasteiger partial charge in [-0.3, -0.25) is 9.67 Å². The minimum absolute atomic E-state index is 0.0706. The highest BCUT2D eigenvalue weighted by atomic mass is 16.4. The molecule has 0 aliphatic carbocycles. The largest absolute Gasteiger partial charge is 0.477 e. The number of hydrogen-bond acceptors (Lipinski definition) is 4. The molecular formula is C14H13N3O4. The van der Waals surface area contributed by atoms with Gasteiger partial charge in [-0.2, -0.15) is 5.10 Å². The van der Waals surface area contributed by atoms with Crippen molar-refractivity contribution in [3.05, 3.63) is 40.5 Å². The van der Waals surface area contributed by atoms with Crippen molar-refractivity contribution in [2.45, 2.75) is 19.9 Å². The summed E-state index contributed by atoms with van der Waals surface area (Å²) in [6.07, 6.45) is 0. The van der Waals surface area contributed by atoms with Gasteiger partial charge in [-0.05, 0) is 32.0 Å². The van der Waals surface area contributed by atoms with Gasteiger partial charge in [0.2, 0.25) is 0 Å². The number of nitrogens with one attached hydrogen (secondary N) is 1. The molecule has 0 saturated heterocycles. The van der Waals surface area contributed by atoms with Crippen molar-refractivity contribution < 1.29 is 14.3 Å². The summed E-state index contributed by atoms with van der Waals surface area (Å²) in [5.41, 5.74) is 2.33. The number of nitrogens with zero attached hydrogens (tertiary/aromatic N) is 2. The summed E-state index contributed by atoms with van der Waals surface area (Å²) in [6.45, 7) is 3.72. The lowest BCUT2D eigenvalue weighted by molar-refractivity contribution is 0.0681. The first-order valence-electron chi connectivity index (χ1n) is 6.42. The van der Waals surface area contributed by atoms with Crippen molar-refractivity contribution >= 4 is 17.1 Å². The average Bonchev–Trinajstić information content (AvgIpc) is 2.99. The Morgan fingerprint density at radius 3 is 2.76 bits per heavy atom. The molecule has 7 nitrogen and oxygen atoms in total. The van der Waals surface area contributed by atoms with Gasteiger partial charge in [0.25, 0.3) is 0 Å². The summed E-state index contributed by atoms with van der Waals surface area (Å²) < 4.78 is 6.45. The normalized spacial score (nSPS) is 11.4. The van der Waals surface area contributed by atoms with Gasteiger partial charge in [-0.15, -0.1) is 0 Å². The van der Waals surface area contributed by atoms with E-state index in [4.69, 9.17) is 4.42 Å². The minimum Gasteiger partial charge on any atom is -0.477 e. The van der Waals surface area contributed by atoms with Crippen LogP contribution in [0.15, 0.2) is 33.5 Å². The van der Waals surface area contributed by atoms with Crippen LogP contribution in [-0.2, 0) is 0 Å². The van der Waals surface area contributed by atoms with Crippen molar-refractivity contribution in [2.75, 3.05) is 0 Å². The first kappa shape index (κ1) is 13.2. The number of rotatable bonds is 3. The van der Waals surface area contributed by atoms with E-state index in [9.17, 15) is 14.7 Å². The van der Waals surface area contributed by atoms with Crippen LogP contribution in [0.1, 0.15) is 30.4 Å². The Bertz CT molecular complexity index is 885. The van der Waals surface area contributed by atoms with E-state index in [0.29, 0.717) is 22.4 Å². The third kappa shape index (κ3) is 2.22. The Balaban J connectivity index is 2.15. The summed E-state index contributed by atoms with van der Waals surface area (Å²) in [7, 11) is 0. The number of carbonyl (C=O) groups is 1. The highest BCUT2D eigenvalue weighted by molar-refractivity contribution is 5.88. The Morgan fingerprint density at radius 1 is 1.38 bits per heavy atom. The van der Waals surface area contributed by atoms with E-state index in [1.54, 1.807) is 18.2 Å². The molecule has 1 aromatic carbocycles. The second-order valence-corrected chi connectivity index (χ2v) is 4.98. The van der Waals surface area contributed by atoms with Crippen LogP contribution in [0, 0.1) is 0 Å². The number of carboxylic acids is 1. The lowest BCUT2D eigenvalue weighted by Crippen LogP contribution is -2.11. The third-order valence-electron chi connectivity index (χ3n) is 3.16. The van der Waals surface area contributed by atoms with E-state index in [0.717, 1.165) is 0 Å². The molecule has 0 aliphatic heterocycles. The molecule has 108 valence electrons. The predicted octanol–water partition coefficient (Wildman–Crippen LogP) is 2.26. The van der Waals surface area contributed by atoms with Gasteiger partial charge < -0.3 is 9.52 Å². The maximum atomic E-state index is 11.3. The standard InChI is InChI=1S/C14H13N3O4/c1-7(2)17-11(13(18)19)6-10(16-17)8-3-4-9-12(5-8)21-14(20)15-9/h3-7H,1-2H3,(H,15,20)(H,18,19). The number of H-pyrrole nitrogens is 1. The van der Waals surface area contributed by atoms with Gasteiger partial charge in [0.1, 0.15) is 5.69 Å². The average molecular weight is 287 g/mol. The third-order valence-corrected chi connectivity index (χ3v) is 3.16. The Kier molecular flexibility index (Phi) is 2.90. The van der Waals surface area contributed by atoms with Gasteiger partial charge in [-0.1, -0.05) is 6.07 Å². The zero-order valence-electron chi connectivity index (χ0n) is 11.5. The first-order valence-corrected chi connectivity index (χ1v) is 6.42. The molecule has 0 aliphatic rings. The van der Waals surface area contributed by atoms with Crippen LogP contribution < -0.4 is 5.76 Å². The molecule has 0 bridgehead atoms. The fraction of sp³-hybridized carbons (Fsp3) is 0.214. The van der Waals surface area contributed by atoms with Crippen molar-refractivity contribution in [1.29, 1.82) is 0 Å². The van der Waals surface area contributed by atoms with E-state index >= 15 is 0 Å². The fourth-order valence-corrected chi connectivity index (χ4v) is 2.19. The lowest BCUT2D eigenvalue weighted by Gasteiger charge is -2.07. The van der Waals surface area contributed by atoms with E-state index in [-0.39, 0.29) is 11.7 Å². The molecule has 3 rings (SSSR count). The van der Waals surface area contributed by atoms with Gasteiger partial charge in [0.05, 0.1) is 11.2 Å². The number of benzene rings is 1. The molecule has 3 aromatic rings. The number of oxazole rings is 1. The van der Waals surface area contributed by atoms with E-state index in [2.05, 4.69) is 10.1 Å². The number of aromatic amines is 1. The summed E-state index contributed by atoms with van der Waals surface area (Å²) in [5, 5.41) is 13.5. The van der Waals surface area contributed by atoms with Crippen LogP contribution in [0.5, 0.6) is 0 Å². The molecule has 0 fully saturated rings. The molecule has 0 amide bonds. The molecule has 0 saturated carbocycles. The number of aromatic nitrogens is 3. The molecule has 21 heavy (non-hydrogen) atoms. The first-order chi connectivity index (χ1) is 9.95. The number of fused-ring (bicyclic) bond motifs is 1. The van der Waals surface area contributed by atoms with E-state index in [1.165, 1.54) is 10.7 Å². The van der Waals surface area contributed by atoms with E-state index < -0.39 is 11.7 Å². The quantitative estimate of drug-likeness (QED) is 0.769. The smallest absolute Gasteiger partial charge is 0.417 e. The molecule has 0 unspecified atom stereocenters. The molecular weight excluding hydrogens is 274 g/mol. The molecule has 0 atom stereocenters. The number of carboxylic acid groups (broad SMARTS) is 1. The Labute approximate surface area is 118 Å². The van der Waals surface area contributed by atoms with Crippen molar-refractivity contribution in [2.24, 2.45) is 0 Å². The minimum atomic E-state index is -1.03. The molecule has 2 N–H and O–H groups in total. The Hall–Kier alpha value is -2.83. The molecule has 7 heteroatoms. The number of hydrogen-bond donors (Lipinski definition) is 2. The van der Waals surface area contributed by atoms with Gasteiger partial charge in [-0.25, -0.2) is 9.59 Å². The Morgan fingerprint density at radius 2 is 2.14 bits per heavy atom. The second kappa shape index (κ2) is 4.62. The van der Waals surface area contributed by atoms with Gasteiger partial charge in [0, 0.05) is 11.6 Å². The van der Waals surface area contributed by atoms with Crippen molar-refractivity contribution in [1.82, 2.24) is 14.8 Å². The van der Waals surface area contributed by atoms with E-state index in [1.807, 2.05) is 13.8 Å². The van der Waals surface area contributed by atoms with Crippen molar-refractivity contribution in [3.8, 4) is 11.3 Å². The molecule has 2 heterocycles. The van der Waals surface area contributed by atoms with Crippen LogP contribution in [-0.4, -0.2) is 25.8 Å². The van der Waals surface area contributed by atoms with Gasteiger partial charge >= 0.3 is 11.7 Å². The van der Waals surface area contributed by atoms with Crippen LogP contribution in [0.25, 0.3) is 22.4 Å². The lowest BCUT2D eigenvalue weighted by atomic mass is 10.1. The summed E-state index contributed by atoms with van der Waals surface area (Å²) in [5.74, 6) is -1.56. The summed E-state index contributed by atoms with van der Waals surface area (Å²) in [4.78, 5) is 25.0. The summed E-state index contributed by atoms with van der Waals surface area (Å²) >= 11 is 0. The van der Waals surface area contributed by atoms with Crippen LogP contribution in [0.3, 0.4) is 0 Å². The second-order valence-electron chi connectivity index (χ2n) is 4.98. The van der Waals surface area contributed by atoms with Gasteiger partial charge in [0.15, 0.2) is 5.58 Å². The maximum absolute atomic E-state index is 11.3. The number of aromatic carboxylic acids is 1. The highest BCUT2D eigenvalue weighted by Crippen LogP contribution is 2.24.